The molecule has 0 radical (unpaired) electrons. The lowest BCUT2D eigenvalue weighted by Crippen LogP contribution is -2.31. The zero-order valence-corrected chi connectivity index (χ0v) is 7.56. The van der Waals surface area contributed by atoms with Gasteiger partial charge in [0.15, 0.2) is 0 Å². The summed E-state index contributed by atoms with van der Waals surface area (Å²) in [6, 6.07) is 0. The molecule has 0 saturated carbocycles. The summed E-state index contributed by atoms with van der Waals surface area (Å²) in [7, 11) is 0. The van der Waals surface area contributed by atoms with Crippen LogP contribution < -0.4 is 5.73 Å². The topological polar surface area (TPSA) is 46.3 Å². The van der Waals surface area contributed by atoms with Crippen LogP contribution in [0.4, 0.5) is 0 Å². The highest BCUT2D eigenvalue weighted by Gasteiger charge is 2.17. The Morgan fingerprint density at radius 1 is 1.90 bits per heavy atom. The van der Waals surface area contributed by atoms with Crippen LogP contribution in [0.15, 0.2) is 11.6 Å². The van der Waals surface area contributed by atoms with Gasteiger partial charge in [0.1, 0.15) is 4.28 Å². The lowest BCUT2D eigenvalue weighted by molar-refractivity contribution is -0.118. The smallest absolute Gasteiger partial charge is 0.236 e. The first-order chi connectivity index (χ1) is 4.70. The Morgan fingerprint density at radius 2 is 2.60 bits per heavy atom. The molecular weight excluding hydrogens is 216 g/mol. The van der Waals surface area contributed by atoms with E-state index in [2.05, 4.69) is 15.9 Å². The minimum absolute atomic E-state index is 0.167. The highest BCUT2D eigenvalue weighted by molar-refractivity contribution is 9.11. The third kappa shape index (κ3) is 1.91. The Morgan fingerprint density at radius 3 is 3.00 bits per heavy atom. The summed E-state index contributed by atoms with van der Waals surface area (Å²) < 4.78 is 0.167. The van der Waals surface area contributed by atoms with Gasteiger partial charge in [0, 0.05) is 6.20 Å². The summed E-state index contributed by atoms with van der Waals surface area (Å²) in [6.07, 6.45) is 1.84. The van der Waals surface area contributed by atoms with E-state index in [1.807, 2.05) is 16.5 Å². The Kier molecular flexibility index (Phi) is 2.62. The minimum atomic E-state index is -0.309. The molecule has 1 heterocycles. The zero-order valence-electron chi connectivity index (χ0n) is 5.16. The Labute approximate surface area is 71.8 Å². The fourth-order valence-corrected chi connectivity index (χ4v) is 1.94. The first kappa shape index (κ1) is 7.94. The van der Waals surface area contributed by atoms with E-state index in [9.17, 15) is 4.79 Å². The maximum absolute atomic E-state index is 10.4. The van der Waals surface area contributed by atoms with E-state index in [0.717, 1.165) is 0 Å². The van der Waals surface area contributed by atoms with Gasteiger partial charge in [-0.05, 0) is 5.41 Å². The van der Waals surface area contributed by atoms with Crippen LogP contribution in [0.25, 0.3) is 0 Å². The average molecular weight is 223 g/mol. The number of nitrogens with zero attached hydrogens (tertiary/aromatic N) is 1. The minimum Gasteiger partial charge on any atom is -0.368 e. The summed E-state index contributed by atoms with van der Waals surface area (Å²) >= 11 is 4.95. The molecule has 10 heavy (non-hydrogen) atoms. The first-order valence-electron chi connectivity index (χ1n) is 2.70. The van der Waals surface area contributed by atoms with Gasteiger partial charge in [-0.25, -0.2) is 0 Å². The van der Waals surface area contributed by atoms with Gasteiger partial charge < -0.3 is 10.6 Å². The fourth-order valence-electron chi connectivity index (χ4n) is 0.628. The van der Waals surface area contributed by atoms with Crippen LogP contribution in [0.2, 0.25) is 0 Å². The second-order valence-corrected chi connectivity index (χ2v) is 4.32. The Bertz CT molecular complexity index is 173. The van der Waals surface area contributed by atoms with Crippen LogP contribution in [0, 0.1) is 0 Å². The van der Waals surface area contributed by atoms with Crippen molar-refractivity contribution in [2.45, 2.75) is 4.28 Å². The van der Waals surface area contributed by atoms with Crippen LogP contribution >= 0.6 is 27.7 Å². The molecule has 3 nitrogen and oxygen atoms in total. The molecule has 0 aromatic heterocycles. The maximum Gasteiger partial charge on any atom is 0.236 e. The third-order valence-electron chi connectivity index (χ3n) is 1.04. The quantitative estimate of drug-likeness (QED) is 0.552. The molecule has 0 saturated heterocycles. The van der Waals surface area contributed by atoms with E-state index in [1.54, 1.807) is 11.8 Å². The summed E-state index contributed by atoms with van der Waals surface area (Å²) in [5.41, 5.74) is 4.99. The molecular formula is C5H7BrN2OS. The van der Waals surface area contributed by atoms with E-state index in [4.69, 9.17) is 5.73 Å². The van der Waals surface area contributed by atoms with Gasteiger partial charge in [-0.15, -0.1) is 0 Å². The maximum atomic E-state index is 10.4. The zero-order chi connectivity index (χ0) is 7.56. The van der Waals surface area contributed by atoms with Crippen molar-refractivity contribution in [2.24, 2.45) is 5.73 Å². The Balaban J connectivity index is 2.40. The van der Waals surface area contributed by atoms with Crippen molar-refractivity contribution < 1.29 is 4.79 Å². The number of carbonyl (C=O) groups is 1. The average Bonchev–Trinajstić information content (AvgIpc) is 2.15. The molecule has 1 rings (SSSR count). The predicted molar refractivity (Wildman–Crippen MR) is 45.3 cm³/mol. The lowest BCUT2D eigenvalue weighted by Gasteiger charge is -2.16. The van der Waals surface area contributed by atoms with Crippen molar-refractivity contribution in [3.63, 3.8) is 0 Å². The lowest BCUT2D eigenvalue weighted by atomic mass is 10.6. The molecule has 1 aliphatic heterocycles. The molecule has 1 amide bonds. The van der Waals surface area contributed by atoms with Gasteiger partial charge in [0.05, 0.1) is 6.54 Å². The van der Waals surface area contributed by atoms with Crippen LogP contribution in [-0.4, -0.2) is 21.6 Å². The van der Waals surface area contributed by atoms with Crippen molar-refractivity contribution in [1.29, 1.82) is 0 Å². The van der Waals surface area contributed by atoms with Gasteiger partial charge in [-0.3, -0.25) is 4.79 Å². The Hall–Kier alpha value is -0.160. The van der Waals surface area contributed by atoms with Gasteiger partial charge in [-0.1, -0.05) is 27.7 Å². The number of primary amides is 1. The van der Waals surface area contributed by atoms with E-state index >= 15 is 0 Å². The van der Waals surface area contributed by atoms with Crippen LogP contribution in [0.3, 0.4) is 0 Å². The summed E-state index contributed by atoms with van der Waals surface area (Å²) in [5.74, 6) is -0.309. The molecule has 0 aromatic rings. The van der Waals surface area contributed by atoms with Crippen molar-refractivity contribution in [2.75, 3.05) is 6.54 Å². The second-order valence-electron chi connectivity index (χ2n) is 1.85. The van der Waals surface area contributed by atoms with E-state index in [1.165, 1.54) is 0 Å². The summed E-state index contributed by atoms with van der Waals surface area (Å²) in [4.78, 5) is 12.2. The second kappa shape index (κ2) is 3.30. The number of alkyl halides is 1. The number of carbonyl (C=O) groups excluding carboxylic acids is 1. The molecule has 5 heteroatoms. The molecule has 0 aromatic carbocycles. The molecule has 2 N–H and O–H groups in total. The highest BCUT2D eigenvalue weighted by Crippen LogP contribution is 2.28. The molecule has 56 valence electrons. The molecule has 0 aliphatic carbocycles. The van der Waals surface area contributed by atoms with Crippen LogP contribution in [0.5, 0.6) is 0 Å². The molecule has 0 spiro atoms. The number of hydrogen-bond acceptors (Lipinski definition) is 3. The van der Waals surface area contributed by atoms with E-state index < -0.39 is 0 Å². The molecule has 0 bridgehead atoms. The van der Waals surface area contributed by atoms with Crippen LogP contribution in [0.1, 0.15) is 0 Å². The van der Waals surface area contributed by atoms with Gasteiger partial charge in [0.2, 0.25) is 5.91 Å². The standard InChI is InChI=1S/C5H7BrN2OS/c6-5-8(1-2-10-5)3-4(7)9/h1-2,5H,3H2,(H2,7,9). The number of amides is 1. The predicted octanol–water partition coefficient (Wildman–Crippen LogP) is 0.670. The monoisotopic (exact) mass is 222 g/mol. The van der Waals surface area contributed by atoms with Crippen molar-refractivity contribution in [3.8, 4) is 0 Å². The molecule has 1 atom stereocenters. The van der Waals surface area contributed by atoms with E-state index in [0.29, 0.717) is 0 Å². The van der Waals surface area contributed by atoms with Gasteiger partial charge >= 0.3 is 0 Å². The summed E-state index contributed by atoms with van der Waals surface area (Å²) in [5, 5.41) is 1.92. The number of nitrogens with two attached hydrogens (primary N) is 1. The molecule has 1 aliphatic rings. The van der Waals surface area contributed by atoms with Crippen molar-refractivity contribution in [1.82, 2.24) is 4.90 Å². The summed E-state index contributed by atoms with van der Waals surface area (Å²) in [6.45, 7) is 0.277. The van der Waals surface area contributed by atoms with E-state index in [-0.39, 0.29) is 16.7 Å². The third-order valence-corrected chi connectivity index (χ3v) is 2.99. The molecule has 1 unspecified atom stereocenters. The number of rotatable bonds is 2. The normalized spacial score (nSPS) is 23.7. The number of hydrogen-bond donors (Lipinski definition) is 1. The highest BCUT2D eigenvalue weighted by atomic mass is 79.9. The van der Waals surface area contributed by atoms with Crippen molar-refractivity contribution in [3.05, 3.63) is 11.6 Å². The SMILES string of the molecule is NC(=O)CN1C=CSC1Br. The van der Waals surface area contributed by atoms with Crippen molar-refractivity contribution >= 4 is 33.6 Å². The number of thioether (sulfide) groups is 1. The largest absolute Gasteiger partial charge is 0.368 e. The fraction of sp³-hybridized carbons (Fsp3) is 0.400. The molecule has 0 fully saturated rings. The van der Waals surface area contributed by atoms with Gasteiger partial charge in [-0.2, -0.15) is 0 Å². The van der Waals surface area contributed by atoms with Gasteiger partial charge in [0.25, 0.3) is 0 Å². The van der Waals surface area contributed by atoms with Crippen LogP contribution in [-0.2, 0) is 4.79 Å². The first-order valence-corrected chi connectivity index (χ1v) is 4.56. The number of halogens is 1.